The summed E-state index contributed by atoms with van der Waals surface area (Å²) in [6, 6.07) is 0.958. The number of nitrogens with two attached hydrogens (primary N) is 1. The van der Waals surface area contributed by atoms with E-state index < -0.39 is 0 Å². The van der Waals surface area contributed by atoms with E-state index in [1.807, 2.05) is 0 Å². The lowest BCUT2D eigenvalue weighted by atomic mass is 9.79. The summed E-state index contributed by atoms with van der Waals surface area (Å²) in [5.41, 5.74) is 6.38. The zero-order valence-electron chi connectivity index (χ0n) is 12.3. The van der Waals surface area contributed by atoms with E-state index in [1.165, 1.54) is 32.1 Å². The molecule has 0 aromatic carbocycles. The van der Waals surface area contributed by atoms with Gasteiger partial charge in [0.15, 0.2) is 0 Å². The predicted octanol–water partition coefficient (Wildman–Crippen LogP) is 2.39. The van der Waals surface area contributed by atoms with Crippen LogP contribution in [0.1, 0.15) is 52.9 Å². The number of ether oxygens (including phenoxy) is 1. The first kappa shape index (κ1) is 14.3. The van der Waals surface area contributed by atoms with E-state index in [-0.39, 0.29) is 0 Å². The molecule has 18 heavy (non-hydrogen) atoms. The summed E-state index contributed by atoms with van der Waals surface area (Å²) in [6.45, 7) is 8.77. The lowest BCUT2D eigenvalue weighted by molar-refractivity contribution is -0.0888. The Morgan fingerprint density at radius 3 is 2.44 bits per heavy atom. The van der Waals surface area contributed by atoms with Gasteiger partial charge in [0.05, 0.1) is 12.2 Å². The second-order valence-electron chi connectivity index (χ2n) is 6.41. The maximum Gasteiger partial charge on any atom is 0.0678 e. The van der Waals surface area contributed by atoms with Crippen LogP contribution in [-0.2, 0) is 4.74 Å². The maximum absolute atomic E-state index is 6.38. The molecule has 0 aromatic rings. The van der Waals surface area contributed by atoms with Crippen molar-refractivity contribution in [3.05, 3.63) is 0 Å². The summed E-state index contributed by atoms with van der Waals surface area (Å²) in [4.78, 5) is 2.60. The molecule has 0 aromatic heterocycles. The summed E-state index contributed by atoms with van der Waals surface area (Å²) < 4.78 is 5.83. The second kappa shape index (κ2) is 6.36. The van der Waals surface area contributed by atoms with Crippen LogP contribution in [0.5, 0.6) is 0 Å². The zero-order chi connectivity index (χ0) is 13.1. The van der Waals surface area contributed by atoms with Gasteiger partial charge in [-0.25, -0.2) is 0 Å². The topological polar surface area (TPSA) is 38.5 Å². The summed E-state index contributed by atoms with van der Waals surface area (Å²) in [7, 11) is 0. The fourth-order valence-electron chi connectivity index (χ4n) is 3.83. The Kier molecular flexibility index (Phi) is 5.05. The van der Waals surface area contributed by atoms with Crippen molar-refractivity contribution in [3.8, 4) is 0 Å². The van der Waals surface area contributed by atoms with E-state index in [1.54, 1.807) is 0 Å². The average Bonchev–Trinajstić information content (AvgIpc) is 2.30. The lowest BCUT2D eigenvalue weighted by Gasteiger charge is -2.45. The molecule has 3 heteroatoms. The molecular formula is C15H30N2O. The number of nitrogens with zero attached hydrogens (tertiary/aromatic N) is 1. The highest BCUT2D eigenvalue weighted by Crippen LogP contribution is 2.31. The summed E-state index contributed by atoms with van der Waals surface area (Å²) in [5, 5.41) is 0. The van der Waals surface area contributed by atoms with E-state index in [0.717, 1.165) is 19.0 Å². The van der Waals surface area contributed by atoms with E-state index in [0.29, 0.717) is 24.3 Å². The molecule has 0 amide bonds. The number of rotatable bonds is 3. The van der Waals surface area contributed by atoms with Gasteiger partial charge in [-0.05, 0) is 39.0 Å². The van der Waals surface area contributed by atoms with Gasteiger partial charge < -0.3 is 10.5 Å². The van der Waals surface area contributed by atoms with Crippen LogP contribution in [-0.4, -0.2) is 42.3 Å². The van der Waals surface area contributed by atoms with Crippen LogP contribution in [0.4, 0.5) is 0 Å². The Balaban J connectivity index is 1.96. The SMILES string of the molecule is CCCC1CCC(N)C(N2CC(C)OC(C)C2)C1. The number of hydrogen-bond donors (Lipinski definition) is 1. The Hall–Kier alpha value is -0.120. The highest BCUT2D eigenvalue weighted by molar-refractivity contribution is 4.91. The molecule has 0 radical (unpaired) electrons. The van der Waals surface area contributed by atoms with Gasteiger partial charge in [0.1, 0.15) is 0 Å². The fraction of sp³-hybridized carbons (Fsp3) is 1.00. The van der Waals surface area contributed by atoms with Crippen LogP contribution in [0.15, 0.2) is 0 Å². The number of hydrogen-bond acceptors (Lipinski definition) is 3. The fourth-order valence-corrected chi connectivity index (χ4v) is 3.83. The second-order valence-corrected chi connectivity index (χ2v) is 6.41. The van der Waals surface area contributed by atoms with Crippen molar-refractivity contribution in [3.63, 3.8) is 0 Å². The summed E-state index contributed by atoms with van der Waals surface area (Å²) >= 11 is 0. The third kappa shape index (κ3) is 3.46. The van der Waals surface area contributed by atoms with Crippen LogP contribution in [0.2, 0.25) is 0 Å². The Morgan fingerprint density at radius 1 is 1.17 bits per heavy atom. The molecule has 1 aliphatic carbocycles. The molecular weight excluding hydrogens is 224 g/mol. The predicted molar refractivity (Wildman–Crippen MR) is 75.6 cm³/mol. The number of morpholine rings is 1. The Labute approximate surface area is 112 Å². The smallest absolute Gasteiger partial charge is 0.0678 e. The quantitative estimate of drug-likeness (QED) is 0.840. The van der Waals surface area contributed by atoms with E-state index >= 15 is 0 Å². The molecule has 2 aliphatic rings. The molecule has 3 nitrogen and oxygen atoms in total. The first-order chi connectivity index (χ1) is 8.60. The molecule has 2 rings (SSSR count). The van der Waals surface area contributed by atoms with Crippen molar-refractivity contribution in [2.75, 3.05) is 13.1 Å². The Morgan fingerprint density at radius 2 is 1.83 bits per heavy atom. The van der Waals surface area contributed by atoms with Gasteiger partial charge in [-0.15, -0.1) is 0 Å². The molecule has 1 saturated heterocycles. The molecule has 106 valence electrons. The van der Waals surface area contributed by atoms with Gasteiger partial charge in [0.25, 0.3) is 0 Å². The third-order valence-electron chi connectivity index (χ3n) is 4.59. The first-order valence-corrected chi connectivity index (χ1v) is 7.75. The van der Waals surface area contributed by atoms with Gasteiger partial charge in [0, 0.05) is 25.2 Å². The monoisotopic (exact) mass is 254 g/mol. The van der Waals surface area contributed by atoms with Crippen molar-refractivity contribution in [2.45, 2.75) is 77.2 Å². The van der Waals surface area contributed by atoms with Crippen LogP contribution in [0.25, 0.3) is 0 Å². The van der Waals surface area contributed by atoms with Crippen LogP contribution in [0, 0.1) is 5.92 Å². The lowest BCUT2D eigenvalue weighted by Crippen LogP contribution is -2.57. The van der Waals surface area contributed by atoms with Gasteiger partial charge >= 0.3 is 0 Å². The first-order valence-electron chi connectivity index (χ1n) is 7.75. The average molecular weight is 254 g/mol. The van der Waals surface area contributed by atoms with Crippen molar-refractivity contribution in [2.24, 2.45) is 11.7 Å². The van der Waals surface area contributed by atoms with Crippen LogP contribution < -0.4 is 5.73 Å². The highest BCUT2D eigenvalue weighted by Gasteiger charge is 2.35. The summed E-state index contributed by atoms with van der Waals surface area (Å²) in [6.07, 6.45) is 7.23. The van der Waals surface area contributed by atoms with E-state index in [2.05, 4.69) is 25.7 Å². The van der Waals surface area contributed by atoms with Crippen molar-refractivity contribution in [1.29, 1.82) is 0 Å². The molecule has 5 unspecified atom stereocenters. The molecule has 0 spiro atoms. The van der Waals surface area contributed by atoms with E-state index in [4.69, 9.17) is 10.5 Å². The molecule has 5 atom stereocenters. The standard InChI is InChI=1S/C15H30N2O/c1-4-5-13-6-7-14(16)15(8-13)17-9-11(2)18-12(3)10-17/h11-15H,4-10,16H2,1-3H3. The van der Waals surface area contributed by atoms with Crippen molar-refractivity contribution in [1.82, 2.24) is 4.90 Å². The normalized spacial score (nSPS) is 43.0. The van der Waals surface area contributed by atoms with Gasteiger partial charge in [0.2, 0.25) is 0 Å². The van der Waals surface area contributed by atoms with Crippen molar-refractivity contribution < 1.29 is 4.74 Å². The van der Waals surface area contributed by atoms with Gasteiger partial charge in [-0.2, -0.15) is 0 Å². The Bertz CT molecular complexity index is 249. The van der Waals surface area contributed by atoms with Crippen LogP contribution >= 0.6 is 0 Å². The van der Waals surface area contributed by atoms with Crippen LogP contribution in [0.3, 0.4) is 0 Å². The zero-order valence-corrected chi connectivity index (χ0v) is 12.3. The molecule has 1 heterocycles. The van der Waals surface area contributed by atoms with Gasteiger partial charge in [-0.1, -0.05) is 19.8 Å². The van der Waals surface area contributed by atoms with Gasteiger partial charge in [-0.3, -0.25) is 4.90 Å². The largest absolute Gasteiger partial charge is 0.373 e. The maximum atomic E-state index is 6.38. The third-order valence-corrected chi connectivity index (χ3v) is 4.59. The van der Waals surface area contributed by atoms with Crippen molar-refractivity contribution >= 4 is 0 Å². The minimum atomic E-state index is 0.354. The minimum absolute atomic E-state index is 0.354. The summed E-state index contributed by atoms with van der Waals surface area (Å²) in [5.74, 6) is 0.897. The molecule has 1 aliphatic heterocycles. The molecule has 2 fully saturated rings. The molecule has 2 N–H and O–H groups in total. The molecule has 0 bridgehead atoms. The highest BCUT2D eigenvalue weighted by atomic mass is 16.5. The van der Waals surface area contributed by atoms with E-state index in [9.17, 15) is 0 Å². The molecule has 1 saturated carbocycles. The minimum Gasteiger partial charge on any atom is -0.373 e.